The summed E-state index contributed by atoms with van der Waals surface area (Å²) in [7, 11) is 0. The van der Waals surface area contributed by atoms with Crippen LogP contribution in [0.4, 0.5) is 8.78 Å². The average molecular weight is 286 g/mol. The average Bonchev–Trinajstić information content (AvgIpc) is 2.25. The summed E-state index contributed by atoms with van der Waals surface area (Å²) in [6.45, 7) is -1.09. The number of ether oxygens (including phenoxy) is 2. The fraction of sp³-hybridized carbons (Fsp3) is 0.400. The highest BCUT2D eigenvalue weighted by Gasteiger charge is 2.20. The molecule has 96 valence electrons. The summed E-state index contributed by atoms with van der Waals surface area (Å²) < 4.78 is 34.1. The van der Waals surface area contributed by atoms with Crippen molar-refractivity contribution in [1.29, 1.82) is 0 Å². The minimum Gasteiger partial charge on any atom is -0.490 e. The van der Waals surface area contributed by atoms with Gasteiger partial charge in [-0.25, -0.2) is 0 Å². The van der Waals surface area contributed by atoms with Crippen molar-refractivity contribution in [2.45, 2.75) is 20.1 Å². The molecule has 17 heavy (non-hydrogen) atoms. The van der Waals surface area contributed by atoms with Crippen LogP contribution in [0.5, 0.6) is 11.5 Å². The Morgan fingerprint density at radius 1 is 1.41 bits per heavy atom. The van der Waals surface area contributed by atoms with E-state index in [1.165, 1.54) is 6.07 Å². The van der Waals surface area contributed by atoms with E-state index in [-0.39, 0.29) is 40.3 Å². The van der Waals surface area contributed by atoms with Gasteiger partial charge in [-0.1, -0.05) is 23.2 Å². The lowest BCUT2D eigenvalue weighted by molar-refractivity contribution is -0.0520. The van der Waals surface area contributed by atoms with Gasteiger partial charge in [-0.3, -0.25) is 0 Å². The predicted molar refractivity (Wildman–Crippen MR) is 62.2 cm³/mol. The van der Waals surface area contributed by atoms with Gasteiger partial charge in [0.2, 0.25) is 0 Å². The van der Waals surface area contributed by atoms with Crippen LogP contribution in [-0.2, 0) is 6.54 Å². The number of alkyl halides is 2. The predicted octanol–water partition coefficient (Wildman–Crippen LogP) is 3.45. The van der Waals surface area contributed by atoms with Gasteiger partial charge in [-0.05, 0) is 6.92 Å². The second kappa shape index (κ2) is 6.23. The zero-order chi connectivity index (χ0) is 13.0. The van der Waals surface area contributed by atoms with Crippen LogP contribution >= 0.6 is 23.2 Å². The van der Waals surface area contributed by atoms with Crippen molar-refractivity contribution in [1.82, 2.24) is 0 Å². The lowest BCUT2D eigenvalue weighted by atomic mass is 10.2. The van der Waals surface area contributed by atoms with Crippen molar-refractivity contribution < 1.29 is 18.3 Å². The molecular weight excluding hydrogens is 275 g/mol. The normalized spacial score (nSPS) is 10.8. The number of rotatable bonds is 5. The largest absolute Gasteiger partial charge is 0.490 e. The fourth-order valence-corrected chi connectivity index (χ4v) is 1.73. The molecule has 0 atom stereocenters. The molecule has 0 saturated carbocycles. The van der Waals surface area contributed by atoms with Crippen molar-refractivity contribution in [2.24, 2.45) is 5.73 Å². The number of nitrogens with two attached hydrogens (primary N) is 1. The zero-order valence-electron chi connectivity index (χ0n) is 8.97. The standard InChI is InChI=1S/C10H11Cl2F2NO2/c1-2-16-7-3-6(11)8(12)5(4-15)9(7)17-10(13)14/h3,10H,2,4,15H2,1H3. The summed E-state index contributed by atoms with van der Waals surface area (Å²) >= 11 is 11.7. The highest BCUT2D eigenvalue weighted by Crippen LogP contribution is 2.41. The maximum absolute atomic E-state index is 12.3. The molecule has 0 amide bonds. The van der Waals surface area contributed by atoms with E-state index in [2.05, 4.69) is 4.74 Å². The van der Waals surface area contributed by atoms with Crippen LogP contribution in [0.1, 0.15) is 12.5 Å². The van der Waals surface area contributed by atoms with Crippen LogP contribution in [0.15, 0.2) is 6.07 Å². The molecule has 0 bridgehead atoms. The summed E-state index contributed by atoms with van der Waals surface area (Å²) in [6.07, 6.45) is 0. The van der Waals surface area contributed by atoms with Gasteiger partial charge < -0.3 is 15.2 Å². The van der Waals surface area contributed by atoms with Crippen molar-refractivity contribution in [3.05, 3.63) is 21.7 Å². The molecule has 0 unspecified atom stereocenters. The zero-order valence-corrected chi connectivity index (χ0v) is 10.5. The molecule has 0 fully saturated rings. The maximum Gasteiger partial charge on any atom is 0.387 e. The highest BCUT2D eigenvalue weighted by molar-refractivity contribution is 6.42. The van der Waals surface area contributed by atoms with Gasteiger partial charge in [-0.2, -0.15) is 8.78 Å². The molecule has 3 nitrogen and oxygen atoms in total. The lowest BCUT2D eigenvalue weighted by Crippen LogP contribution is -2.10. The van der Waals surface area contributed by atoms with Crippen molar-refractivity contribution in [2.75, 3.05) is 6.61 Å². The Kier molecular flexibility index (Phi) is 5.24. The van der Waals surface area contributed by atoms with Crippen molar-refractivity contribution in [3.63, 3.8) is 0 Å². The van der Waals surface area contributed by atoms with E-state index in [0.29, 0.717) is 0 Å². The molecule has 0 aromatic heterocycles. The third kappa shape index (κ3) is 3.34. The Morgan fingerprint density at radius 3 is 2.53 bits per heavy atom. The number of hydrogen-bond acceptors (Lipinski definition) is 3. The summed E-state index contributed by atoms with van der Waals surface area (Å²) in [5.74, 6) is -0.0681. The Labute approximate surface area is 107 Å². The first-order valence-corrected chi connectivity index (χ1v) is 5.55. The van der Waals surface area contributed by atoms with Crippen LogP contribution in [0.25, 0.3) is 0 Å². The third-order valence-corrected chi connectivity index (χ3v) is 2.77. The van der Waals surface area contributed by atoms with Crippen LogP contribution in [0.2, 0.25) is 10.0 Å². The molecule has 2 N–H and O–H groups in total. The Hall–Kier alpha value is -0.780. The van der Waals surface area contributed by atoms with Crippen molar-refractivity contribution in [3.8, 4) is 11.5 Å². The molecule has 0 aliphatic heterocycles. The van der Waals surface area contributed by atoms with Gasteiger partial charge in [0.05, 0.1) is 16.7 Å². The maximum atomic E-state index is 12.3. The second-order valence-electron chi connectivity index (χ2n) is 2.99. The quantitative estimate of drug-likeness (QED) is 0.901. The number of halogens is 4. The van der Waals surface area contributed by atoms with E-state index in [1.807, 2.05) is 0 Å². The van der Waals surface area contributed by atoms with E-state index in [1.54, 1.807) is 6.92 Å². The number of hydrogen-bond donors (Lipinski definition) is 1. The van der Waals surface area contributed by atoms with Crippen LogP contribution in [0, 0.1) is 0 Å². The molecule has 7 heteroatoms. The van der Waals surface area contributed by atoms with Gasteiger partial charge in [0.1, 0.15) is 0 Å². The van der Waals surface area contributed by atoms with Gasteiger partial charge in [0.25, 0.3) is 0 Å². The Morgan fingerprint density at radius 2 is 2.06 bits per heavy atom. The van der Waals surface area contributed by atoms with Crippen LogP contribution < -0.4 is 15.2 Å². The molecule has 0 saturated heterocycles. The van der Waals surface area contributed by atoms with Crippen LogP contribution in [0.3, 0.4) is 0 Å². The topological polar surface area (TPSA) is 44.5 Å². The molecule has 0 radical (unpaired) electrons. The smallest absolute Gasteiger partial charge is 0.387 e. The summed E-state index contributed by atoms with van der Waals surface area (Å²) in [5.41, 5.74) is 5.63. The summed E-state index contributed by atoms with van der Waals surface area (Å²) in [5, 5.41) is 0.269. The van der Waals surface area contributed by atoms with E-state index >= 15 is 0 Å². The van der Waals surface area contributed by atoms with E-state index in [0.717, 1.165) is 0 Å². The Bertz CT molecular complexity index is 402. The first-order chi connectivity index (χ1) is 8.01. The third-order valence-electron chi connectivity index (χ3n) is 1.94. The molecular formula is C10H11Cl2F2NO2. The minimum atomic E-state index is -2.99. The summed E-state index contributed by atoms with van der Waals surface area (Å²) in [6, 6.07) is 1.32. The Balaban J connectivity index is 3.32. The minimum absolute atomic E-state index is 0.0818. The van der Waals surface area contributed by atoms with Gasteiger partial charge in [0.15, 0.2) is 11.5 Å². The van der Waals surface area contributed by atoms with E-state index < -0.39 is 6.61 Å². The highest BCUT2D eigenvalue weighted by atomic mass is 35.5. The van der Waals surface area contributed by atoms with Gasteiger partial charge in [-0.15, -0.1) is 0 Å². The molecule has 1 rings (SSSR count). The molecule has 0 spiro atoms. The molecule has 0 heterocycles. The molecule has 1 aromatic rings. The van der Waals surface area contributed by atoms with Gasteiger partial charge in [0, 0.05) is 18.2 Å². The summed E-state index contributed by atoms with van der Waals surface area (Å²) in [4.78, 5) is 0. The van der Waals surface area contributed by atoms with Gasteiger partial charge >= 0.3 is 6.61 Å². The van der Waals surface area contributed by atoms with Crippen molar-refractivity contribution >= 4 is 23.2 Å². The molecule has 0 aliphatic carbocycles. The second-order valence-corrected chi connectivity index (χ2v) is 3.78. The van der Waals surface area contributed by atoms with E-state index in [4.69, 9.17) is 33.7 Å². The fourth-order valence-electron chi connectivity index (χ4n) is 1.30. The molecule has 1 aromatic carbocycles. The van der Waals surface area contributed by atoms with E-state index in [9.17, 15) is 8.78 Å². The monoisotopic (exact) mass is 285 g/mol. The first kappa shape index (κ1) is 14.3. The van der Waals surface area contributed by atoms with Crippen LogP contribution in [-0.4, -0.2) is 13.2 Å². The first-order valence-electron chi connectivity index (χ1n) is 4.79. The number of benzene rings is 1. The SMILES string of the molecule is CCOc1cc(Cl)c(Cl)c(CN)c1OC(F)F. The lowest BCUT2D eigenvalue weighted by Gasteiger charge is -2.16. The molecule has 0 aliphatic rings.